The molecule has 0 aromatic heterocycles. The minimum absolute atomic E-state index is 0.0286. The summed E-state index contributed by atoms with van der Waals surface area (Å²) in [6.07, 6.45) is 4.47. The van der Waals surface area contributed by atoms with Crippen LogP contribution in [-0.2, 0) is 9.53 Å². The Morgan fingerprint density at radius 2 is 2.17 bits per heavy atom. The van der Waals surface area contributed by atoms with Gasteiger partial charge in [0.15, 0.2) is 0 Å². The second-order valence-corrected chi connectivity index (χ2v) is 4.34. The van der Waals surface area contributed by atoms with Crippen LogP contribution >= 0.6 is 15.9 Å². The van der Waals surface area contributed by atoms with Crippen molar-refractivity contribution in [3.8, 4) is 0 Å². The van der Waals surface area contributed by atoms with Crippen molar-refractivity contribution in [1.29, 1.82) is 0 Å². The van der Waals surface area contributed by atoms with E-state index in [2.05, 4.69) is 15.9 Å². The van der Waals surface area contributed by atoms with E-state index in [1.807, 2.05) is 6.92 Å². The van der Waals surface area contributed by atoms with Crippen LogP contribution < -0.4 is 0 Å². The molecular weight excluding hydrogens is 220 g/mol. The third-order valence-electron chi connectivity index (χ3n) is 2.27. The Hall–Kier alpha value is -0.0500. The zero-order valence-corrected chi connectivity index (χ0v) is 8.97. The van der Waals surface area contributed by atoms with Crippen molar-refractivity contribution in [3.63, 3.8) is 0 Å². The van der Waals surface area contributed by atoms with Crippen molar-refractivity contribution in [1.82, 2.24) is 0 Å². The molecule has 2 atom stereocenters. The minimum atomic E-state index is -0.0286. The van der Waals surface area contributed by atoms with E-state index in [-0.39, 0.29) is 11.9 Å². The van der Waals surface area contributed by atoms with E-state index in [1.165, 1.54) is 6.42 Å². The molecule has 2 unspecified atom stereocenters. The number of hydrogen-bond acceptors (Lipinski definition) is 2. The van der Waals surface area contributed by atoms with Gasteiger partial charge < -0.3 is 4.74 Å². The van der Waals surface area contributed by atoms with Gasteiger partial charge in [-0.2, -0.15) is 0 Å². The predicted molar refractivity (Wildman–Crippen MR) is 51.3 cm³/mol. The van der Waals surface area contributed by atoms with E-state index >= 15 is 0 Å². The molecule has 1 saturated carbocycles. The average Bonchev–Trinajstić information content (AvgIpc) is 2.05. The number of halogens is 1. The SMILES string of the molecule is CCOC(=O)C1CCCCC1Br. The van der Waals surface area contributed by atoms with Gasteiger partial charge in [0.1, 0.15) is 0 Å². The van der Waals surface area contributed by atoms with Crippen LogP contribution in [0.5, 0.6) is 0 Å². The fourth-order valence-electron chi connectivity index (χ4n) is 1.60. The summed E-state index contributed by atoms with van der Waals surface area (Å²) in [5.74, 6) is 0.0674. The van der Waals surface area contributed by atoms with E-state index in [0.29, 0.717) is 11.4 Å². The molecule has 0 bridgehead atoms. The topological polar surface area (TPSA) is 26.3 Å². The van der Waals surface area contributed by atoms with E-state index in [4.69, 9.17) is 4.74 Å². The normalized spacial score (nSPS) is 29.8. The summed E-state index contributed by atoms with van der Waals surface area (Å²) in [7, 11) is 0. The first-order valence-electron chi connectivity index (χ1n) is 4.56. The maximum absolute atomic E-state index is 11.4. The Labute approximate surface area is 81.8 Å². The van der Waals surface area contributed by atoms with Crippen LogP contribution in [-0.4, -0.2) is 17.4 Å². The lowest BCUT2D eigenvalue weighted by Gasteiger charge is -2.25. The second kappa shape index (κ2) is 4.85. The van der Waals surface area contributed by atoms with E-state index in [9.17, 15) is 4.79 Å². The van der Waals surface area contributed by atoms with E-state index in [0.717, 1.165) is 19.3 Å². The molecule has 0 spiro atoms. The third kappa shape index (κ3) is 2.47. The molecule has 1 aliphatic rings. The Balaban J connectivity index is 2.42. The zero-order chi connectivity index (χ0) is 8.97. The number of ether oxygens (including phenoxy) is 1. The van der Waals surface area contributed by atoms with Gasteiger partial charge in [-0.3, -0.25) is 4.79 Å². The molecule has 12 heavy (non-hydrogen) atoms. The summed E-state index contributed by atoms with van der Waals surface area (Å²) in [6.45, 7) is 2.35. The number of hydrogen-bond donors (Lipinski definition) is 0. The number of rotatable bonds is 2. The largest absolute Gasteiger partial charge is 0.466 e. The highest BCUT2D eigenvalue weighted by molar-refractivity contribution is 9.09. The summed E-state index contributed by atoms with van der Waals surface area (Å²) in [6, 6.07) is 0. The molecule has 0 aromatic carbocycles. The van der Waals surface area contributed by atoms with Crippen molar-refractivity contribution in [2.45, 2.75) is 37.4 Å². The molecule has 0 radical (unpaired) electrons. The monoisotopic (exact) mass is 234 g/mol. The van der Waals surface area contributed by atoms with Gasteiger partial charge in [0.2, 0.25) is 0 Å². The molecule has 1 rings (SSSR count). The summed E-state index contributed by atoms with van der Waals surface area (Å²) in [5, 5.41) is 0. The minimum Gasteiger partial charge on any atom is -0.466 e. The molecule has 3 heteroatoms. The van der Waals surface area contributed by atoms with Crippen LogP contribution in [0.25, 0.3) is 0 Å². The maximum Gasteiger partial charge on any atom is 0.310 e. The van der Waals surface area contributed by atoms with Crippen LogP contribution in [0.2, 0.25) is 0 Å². The standard InChI is InChI=1S/C9H15BrO2/c1-2-12-9(11)7-5-3-4-6-8(7)10/h7-8H,2-6H2,1H3. The van der Waals surface area contributed by atoms with Gasteiger partial charge in [0.05, 0.1) is 12.5 Å². The van der Waals surface area contributed by atoms with Crippen LogP contribution in [0, 0.1) is 5.92 Å². The van der Waals surface area contributed by atoms with Crippen LogP contribution in [0.4, 0.5) is 0 Å². The lowest BCUT2D eigenvalue weighted by molar-refractivity contribution is -0.148. The highest BCUT2D eigenvalue weighted by Gasteiger charge is 2.29. The first-order valence-corrected chi connectivity index (χ1v) is 5.48. The van der Waals surface area contributed by atoms with E-state index < -0.39 is 0 Å². The van der Waals surface area contributed by atoms with Gasteiger partial charge in [0.25, 0.3) is 0 Å². The molecule has 2 nitrogen and oxygen atoms in total. The van der Waals surface area contributed by atoms with E-state index in [1.54, 1.807) is 0 Å². The lowest BCUT2D eigenvalue weighted by Crippen LogP contribution is -2.28. The lowest BCUT2D eigenvalue weighted by atomic mass is 9.89. The van der Waals surface area contributed by atoms with Crippen molar-refractivity contribution in [2.24, 2.45) is 5.92 Å². The molecule has 1 fully saturated rings. The number of carbonyl (C=O) groups is 1. The van der Waals surface area contributed by atoms with Crippen molar-refractivity contribution < 1.29 is 9.53 Å². The molecular formula is C9H15BrO2. The summed E-state index contributed by atoms with van der Waals surface area (Å²) in [4.78, 5) is 11.7. The molecule has 0 aromatic rings. The molecule has 70 valence electrons. The first-order chi connectivity index (χ1) is 5.75. The maximum atomic E-state index is 11.4. The van der Waals surface area contributed by atoms with Gasteiger partial charge in [-0.25, -0.2) is 0 Å². The summed E-state index contributed by atoms with van der Waals surface area (Å²) in [5.41, 5.74) is 0. The number of carbonyl (C=O) groups excluding carboxylic acids is 1. The fourth-order valence-corrected chi connectivity index (χ4v) is 2.40. The second-order valence-electron chi connectivity index (χ2n) is 3.16. The smallest absolute Gasteiger partial charge is 0.310 e. The Kier molecular flexibility index (Phi) is 4.06. The first kappa shape index (κ1) is 10.0. The van der Waals surface area contributed by atoms with Crippen LogP contribution in [0.3, 0.4) is 0 Å². The zero-order valence-electron chi connectivity index (χ0n) is 7.38. The molecule has 0 heterocycles. The van der Waals surface area contributed by atoms with Crippen LogP contribution in [0.15, 0.2) is 0 Å². The molecule has 1 aliphatic carbocycles. The highest BCUT2D eigenvalue weighted by Crippen LogP contribution is 2.30. The van der Waals surface area contributed by atoms with Gasteiger partial charge in [-0.15, -0.1) is 0 Å². The fraction of sp³-hybridized carbons (Fsp3) is 0.889. The van der Waals surface area contributed by atoms with Crippen molar-refractivity contribution in [2.75, 3.05) is 6.61 Å². The van der Waals surface area contributed by atoms with Gasteiger partial charge in [0, 0.05) is 4.83 Å². The Bertz CT molecular complexity index is 159. The molecule has 0 N–H and O–H groups in total. The highest BCUT2D eigenvalue weighted by atomic mass is 79.9. The Morgan fingerprint density at radius 3 is 2.75 bits per heavy atom. The summed E-state index contributed by atoms with van der Waals surface area (Å²) < 4.78 is 4.98. The van der Waals surface area contributed by atoms with Gasteiger partial charge in [-0.1, -0.05) is 28.8 Å². The third-order valence-corrected chi connectivity index (χ3v) is 3.37. The quantitative estimate of drug-likeness (QED) is 0.543. The van der Waals surface area contributed by atoms with Gasteiger partial charge >= 0.3 is 5.97 Å². The molecule has 0 amide bonds. The van der Waals surface area contributed by atoms with Crippen molar-refractivity contribution in [3.05, 3.63) is 0 Å². The number of alkyl halides is 1. The average molecular weight is 235 g/mol. The molecule has 0 saturated heterocycles. The van der Waals surface area contributed by atoms with Gasteiger partial charge in [-0.05, 0) is 19.8 Å². The molecule has 0 aliphatic heterocycles. The van der Waals surface area contributed by atoms with Crippen molar-refractivity contribution >= 4 is 21.9 Å². The number of esters is 1. The summed E-state index contributed by atoms with van der Waals surface area (Å²) >= 11 is 3.52. The van der Waals surface area contributed by atoms with Crippen LogP contribution in [0.1, 0.15) is 32.6 Å². The predicted octanol–water partition coefficient (Wildman–Crippen LogP) is 2.50. The Morgan fingerprint density at radius 1 is 1.50 bits per heavy atom.